The summed E-state index contributed by atoms with van der Waals surface area (Å²) in [5.41, 5.74) is 2.28. The Kier molecular flexibility index (Phi) is 17.4. The molecule has 38 heavy (non-hydrogen) atoms. The molecule has 0 aliphatic rings. The van der Waals surface area contributed by atoms with Crippen molar-refractivity contribution in [1.82, 2.24) is 0 Å². The Labute approximate surface area is 228 Å². The van der Waals surface area contributed by atoms with E-state index in [1.165, 1.54) is 83.5 Å². The van der Waals surface area contributed by atoms with Crippen LogP contribution >= 0.6 is 0 Å². The van der Waals surface area contributed by atoms with Crippen LogP contribution in [0.2, 0.25) is 0 Å². The first-order valence-corrected chi connectivity index (χ1v) is 14.6. The van der Waals surface area contributed by atoms with E-state index in [1.54, 1.807) is 24.3 Å². The number of carbonyl (C=O) groups excluding carboxylic acids is 2. The quantitative estimate of drug-likeness (QED) is 0.0697. The predicted octanol–water partition coefficient (Wildman–Crippen LogP) is 9.77. The third-order valence-corrected chi connectivity index (χ3v) is 6.66. The van der Waals surface area contributed by atoms with E-state index in [4.69, 9.17) is 4.74 Å². The molecule has 0 N–H and O–H groups in total. The molecule has 210 valence electrons. The van der Waals surface area contributed by atoms with E-state index in [9.17, 15) is 9.59 Å². The van der Waals surface area contributed by atoms with Crippen LogP contribution in [0.25, 0.3) is 11.1 Å². The second kappa shape index (κ2) is 21.1. The van der Waals surface area contributed by atoms with Crippen LogP contribution in [0.3, 0.4) is 0 Å². The molecular weight excluding hydrogens is 480 g/mol. The number of hydrogen-bond donors (Lipinski definition) is 0. The van der Waals surface area contributed by atoms with E-state index in [-0.39, 0.29) is 12.2 Å². The van der Waals surface area contributed by atoms with Gasteiger partial charge in [0.1, 0.15) is 0 Å². The summed E-state index contributed by atoms with van der Waals surface area (Å²) in [5.74, 6) is -0.768. The number of rotatable bonds is 21. The lowest BCUT2D eigenvalue weighted by atomic mass is 10.0. The standard InChI is InChI=1S/C32H46O6/c1-2-3-4-5-6-7-8-9-10-11-12-13-14-15-16-20-27-35-32(34)37-38-36-31(33)30-25-23-29(24-26-30)28-21-18-17-19-22-28/h17-19,21-26H,2-16,20,27H2,1H3. The smallest absolute Gasteiger partial charge is 0.432 e. The molecule has 0 spiro atoms. The number of carbonyl (C=O) groups is 2. The van der Waals surface area contributed by atoms with Gasteiger partial charge in [-0.3, -0.25) is 4.89 Å². The van der Waals surface area contributed by atoms with E-state index in [0.29, 0.717) is 0 Å². The van der Waals surface area contributed by atoms with E-state index >= 15 is 0 Å². The second-order valence-corrected chi connectivity index (χ2v) is 9.87. The maximum absolute atomic E-state index is 12.0. The summed E-state index contributed by atoms with van der Waals surface area (Å²) in [6, 6.07) is 16.6. The highest BCUT2D eigenvalue weighted by atomic mass is 17.5. The van der Waals surface area contributed by atoms with Gasteiger partial charge in [0, 0.05) is 0 Å². The molecule has 0 heterocycles. The van der Waals surface area contributed by atoms with Gasteiger partial charge in [0.05, 0.1) is 17.2 Å². The molecule has 0 aliphatic heterocycles. The Balaban J connectivity index is 1.37. The Bertz CT molecular complexity index is 865. The summed E-state index contributed by atoms with van der Waals surface area (Å²) in [6.45, 7) is 2.51. The minimum Gasteiger partial charge on any atom is -0.432 e. The zero-order valence-corrected chi connectivity index (χ0v) is 23.2. The van der Waals surface area contributed by atoms with Crippen molar-refractivity contribution in [1.29, 1.82) is 0 Å². The third-order valence-electron chi connectivity index (χ3n) is 6.66. The molecule has 0 radical (unpaired) electrons. The Morgan fingerprint density at radius 3 is 1.55 bits per heavy atom. The van der Waals surface area contributed by atoms with Gasteiger partial charge >= 0.3 is 12.1 Å². The first-order chi connectivity index (χ1) is 18.7. The monoisotopic (exact) mass is 526 g/mol. The first-order valence-electron chi connectivity index (χ1n) is 14.6. The zero-order chi connectivity index (χ0) is 27.1. The highest BCUT2D eigenvalue weighted by Gasteiger charge is 2.12. The van der Waals surface area contributed by atoms with Crippen molar-refractivity contribution < 1.29 is 29.1 Å². The predicted molar refractivity (Wildman–Crippen MR) is 150 cm³/mol. The average Bonchev–Trinajstić information content (AvgIpc) is 2.95. The van der Waals surface area contributed by atoms with Gasteiger partial charge < -0.3 is 4.74 Å². The summed E-state index contributed by atoms with van der Waals surface area (Å²) < 4.78 is 4.94. The molecule has 2 aromatic carbocycles. The number of ether oxygens (including phenoxy) is 1. The highest BCUT2D eigenvalue weighted by molar-refractivity contribution is 5.89. The fourth-order valence-corrected chi connectivity index (χ4v) is 4.38. The van der Waals surface area contributed by atoms with Gasteiger partial charge in [-0.2, -0.15) is 0 Å². The fraction of sp³-hybridized carbons (Fsp3) is 0.562. The van der Waals surface area contributed by atoms with Crippen LogP contribution in [-0.2, 0) is 19.6 Å². The summed E-state index contributed by atoms with van der Waals surface area (Å²) in [5, 5.41) is 4.29. The molecule has 0 bridgehead atoms. The van der Waals surface area contributed by atoms with Gasteiger partial charge in [0.15, 0.2) is 0 Å². The lowest BCUT2D eigenvalue weighted by Gasteiger charge is -2.05. The van der Waals surface area contributed by atoms with Gasteiger partial charge in [0.2, 0.25) is 0 Å². The minimum absolute atomic E-state index is 0.246. The van der Waals surface area contributed by atoms with Crippen molar-refractivity contribution in [2.45, 2.75) is 110 Å². The van der Waals surface area contributed by atoms with Crippen LogP contribution in [0.15, 0.2) is 54.6 Å². The molecule has 2 aromatic rings. The Hall–Kier alpha value is -2.86. The normalized spacial score (nSPS) is 10.8. The van der Waals surface area contributed by atoms with Crippen molar-refractivity contribution in [2.75, 3.05) is 6.61 Å². The highest BCUT2D eigenvalue weighted by Crippen LogP contribution is 2.19. The van der Waals surface area contributed by atoms with Crippen LogP contribution in [0.1, 0.15) is 120 Å². The van der Waals surface area contributed by atoms with Crippen LogP contribution in [0.4, 0.5) is 4.79 Å². The summed E-state index contributed by atoms with van der Waals surface area (Å²) in [4.78, 5) is 32.5. The molecule has 0 aromatic heterocycles. The Morgan fingerprint density at radius 2 is 1.03 bits per heavy atom. The molecule has 0 amide bonds. The van der Waals surface area contributed by atoms with Crippen molar-refractivity contribution in [3.8, 4) is 11.1 Å². The van der Waals surface area contributed by atoms with Gasteiger partial charge in [-0.1, -0.05) is 146 Å². The number of benzene rings is 2. The number of unbranched alkanes of at least 4 members (excludes halogenated alkanes) is 15. The van der Waals surface area contributed by atoms with Gasteiger partial charge in [-0.25, -0.2) is 14.5 Å². The molecule has 0 saturated carbocycles. The van der Waals surface area contributed by atoms with Crippen LogP contribution in [-0.4, -0.2) is 18.7 Å². The van der Waals surface area contributed by atoms with E-state index < -0.39 is 12.1 Å². The molecule has 0 fully saturated rings. The van der Waals surface area contributed by atoms with Crippen molar-refractivity contribution >= 4 is 12.1 Å². The van der Waals surface area contributed by atoms with E-state index in [0.717, 1.165) is 30.4 Å². The largest absolute Gasteiger partial charge is 0.543 e. The van der Waals surface area contributed by atoms with Crippen LogP contribution < -0.4 is 0 Å². The molecule has 0 atom stereocenters. The topological polar surface area (TPSA) is 71.1 Å². The minimum atomic E-state index is -1.03. The third kappa shape index (κ3) is 14.8. The second-order valence-electron chi connectivity index (χ2n) is 9.87. The SMILES string of the molecule is CCCCCCCCCCCCCCCCCCOC(=O)OOOC(=O)c1ccc(-c2ccccc2)cc1. The lowest BCUT2D eigenvalue weighted by molar-refractivity contribution is -0.452. The van der Waals surface area contributed by atoms with Gasteiger partial charge in [-0.05, 0) is 29.7 Å². The zero-order valence-electron chi connectivity index (χ0n) is 23.2. The van der Waals surface area contributed by atoms with E-state index in [2.05, 4.69) is 21.7 Å². The first kappa shape index (κ1) is 31.4. The van der Waals surface area contributed by atoms with Gasteiger partial charge in [0.25, 0.3) is 0 Å². The maximum Gasteiger partial charge on any atom is 0.543 e. The molecule has 0 unspecified atom stereocenters. The van der Waals surface area contributed by atoms with Gasteiger partial charge in [-0.15, -0.1) is 0 Å². The van der Waals surface area contributed by atoms with E-state index in [1.807, 2.05) is 30.3 Å². The van der Waals surface area contributed by atoms with Crippen LogP contribution in [0.5, 0.6) is 0 Å². The molecule has 6 nitrogen and oxygen atoms in total. The number of hydrogen-bond acceptors (Lipinski definition) is 6. The van der Waals surface area contributed by atoms with Crippen molar-refractivity contribution in [2.24, 2.45) is 0 Å². The van der Waals surface area contributed by atoms with Crippen LogP contribution in [0, 0.1) is 0 Å². The van der Waals surface area contributed by atoms with Crippen molar-refractivity contribution in [3.05, 3.63) is 60.2 Å². The summed E-state index contributed by atoms with van der Waals surface area (Å²) in [7, 11) is 0. The lowest BCUT2D eigenvalue weighted by Crippen LogP contribution is -2.12. The Morgan fingerprint density at radius 1 is 0.553 bits per heavy atom. The fourth-order valence-electron chi connectivity index (χ4n) is 4.38. The maximum atomic E-state index is 12.0. The molecule has 2 rings (SSSR count). The molecule has 0 aliphatic carbocycles. The molecular formula is C32H46O6. The summed E-state index contributed by atoms with van der Waals surface area (Å²) >= 11 is 0. The van der Waals surface area contributed by atoms with Crippen molar-refractivity contribution in [3.63, 3.8) is 0 Å². The average molecular weight is 527 g/mol. The molecule has 6 heteroatoms. The summed E-state index contributed by atoms with van der Waals surface area (Å²) in [6.07, 6.45) is 19.5. The molecule has 0 saturated heterocycles.